The normalized spacial score (nSPS) is 23.7. The van der Waals surface area contributed by atoms with Crippen LogP contribution >= 0.6 is 11.3 Å². The van der Waals surface area contributed by atoms with Gasteiger partial charge in [-0.05, 0) is 6.07 Å². The first-order valence-corrected chi connectivity index (χ1v) is 7.29. The average Bonchev–Trinajstić information content (AvgIpc) is 3.04. The van der Waals surface area contributed by atoms with Gasteiger partial charge in [-0.25, -0.2) is 4.39 Å². The van der Waals surface area contributed by atoms with Gasteiger partial charge in [-0.15, -0.1) is 0 Å². The molecule has 1 aromatic rings. The fourth-order valence-corrected chi connectivity index (χ4v) is 3.06. The zero-order valence-corrected chi connectivity index (χ0v) is 13.1. The summed E-state index contributed by atoms with van der Waals surface area (Å²) in [5.74, 6) is -32.5. The average molecular weight is 429 g/mol. The van der Waals surface area contributed by atoms with Gasteiger partial charge in [0.1, 0.15) is 0 Å². The van der Waals surface area contributed by atoms with Crippen molar-refractivity contribution in [2.45, 2.75) is 35.8 Å². The second-order valence-electron chi connectivity index (χ2n) is 5.37. The summed E-state index contributed by atoms with van der Waals surface area (Å²) < 4.78 is 120. The summed E-state index contributed by atoms with van der Waals surface area (Å²) in [5, 5.41) is 9.73. The van der Waals surface area contributed by atoms with E-state index in [0.29, 0.717) is 12.1 Å². The van der Waals surface area contributed by atoms with Crippen molar-refractivity contribution >= 4 is 27.9 Å². The van der Waals surface area contributed by atoms with E-state index in [4.69, 9.17) is 0 Å². The van der Waals surface area contributed by atoms with Crippen molar-refractivity contribution in [3.05, 3.63) is 27.1 Å². The second kappa shape index (κ2) is 5.65. The van der Waals surface area contributed by atoms with Crippen molar-refractivity contribution < 1.29 is 54.0 Å². The minimum absolute atomic E-state index is 0.0373. The SMILES string of the molecule is O=C(CC(=O)C1(F)C(F)(F)C(F)(F)C(F)(F)C1(F)F)c1ccc([N+](=O)[O-])s1. The van der Waals surface area contributed by atoms with Crippen LogP contribution in [0.25, 0.3) is 0 Å². The van der Waals surface area contributed by atoms with Crippen molar-refractivity contribution in [2.75, 3.05) is 0 Å². The second-order valence-corrected chi connectivity index (χ2v) is 6.44. The molecule has 0 unspecified atom stereocenters. The summed E-state index contributed by atoms with van der Waals surface area (Å²) in [7, 11) is 0. The summed E-state index contributed by atoms with van der Waals surface area (Å²) in [4.78, 5) is 31.9. The first-order chi connectivity index (χ1) is 12.0. The molecule has 1 fully saturated rings. The van der Waals surface area contributed by atoms with Gasteiger partial charge in [-0.3, -0.25) is 19.7 Å². The zero-order valence-electron chi connectivity index (χ0n) is 12.3. The predicted molar refractivity (Wildman–Crippen MR) is 68.6 cm³/mol. The molecule has 150 valence electrons. The minimum Gasteiger partial charge on any atom is -0.295 e. The summed E-state index contributed by atoms with van der Waals surface area (Å²) >= 11 is 0.0373. The van der Waals surface area contributed by atoms with E-state index >= 15 is 0 Å². The number of alkyl halides is 9. The Morgan fingerprint density at radius 1 is 0.889 bits per heavy atom. The van der Waals surface area contributed by atoms with E-state index in [1.807, 2.05) is 0 Å². The van der Waals surface area contributed by atoms with Crippen LogP contribution in [0.3, 0.4) is 0 Å². The highest BCUT2D eigenvalue weighted by atomic mass is 32.1. The molecule has 0 saturated heterocycles. The smallest absolute Gasteiger partial charge is 0.295 e. The van der Waals surface area contributed by atoms with E-state index in [1.54, 1.807) is 0 Å². The van der Waals surface area contributed by atoms with Crippen molar-refractivity contribution in [3.63, 3.8) is 0 Å². The van der Waals surface area contributed by atoms with Crippen LogP contribution in [0.15, 0.2) is 12.1 Å². The fraction of sp³-hybridized carbons (Fsp3) is 0.500. The van der Waals surface area contributed by atoms with E-state index in [9.17, 15) is 59.2 Å². The molecule has 5 nitrogen and oxygen atoms in total. The molecule has 27 heavy (non-hydrogen) atoms. The van der Waals surface area contributed by atoms with E-state index in [-0.39, 0.29) is 11.3 Å². The molecule has 0 bridgehead atoms. The van der Waals surface area contributed by atoms with Crippen LogP contribution in [-0.2, 0) is 4.79 Å². The highest BCUT2D eigenvalue weighted by Gasteiger charge is 3.02. The van der Waals surface area contributed by atoms with Crippen molar-refractivity contribution in [1.29, 1.82) is 0 Å². The Morgan fingerprint density at radius 3 is 1.70 bits per heavy atom. The maximum atomic E-state index is 14.2. The Labute approximate surface area is 145 Å². The summed E-state index contributed by atoms with van der Waals surface area (Å²) in [6.45, 7) is 0. The lowest BCUT2D eigenvalue weighted by atomic mass is 9.88. The number of hydrogen-bond acceptors (Lipinski definition) is 5. The van der Waals surface area contributed by atoms with Crippen molar-refractivity contribution in [1.82, 2.24) is 0 Å². The molecule has 1 aliphatic carbocycles. The Kier molecular flexibility index (Phi) is 4.42. The van der Waals surface area contributed by atoms with Crippen molar-refractivity contribution in [2.24, 2.45) is 0 Å². The number of halogens is 9. The molecule has 0 amide bonds. The van der Waals surface area contributed by atoms with Crippen LogP contribution < -0.4 is 0 Å². The largest absolute Gasteiger partial charge is 0.382 e. The molecule has 1 aliphatic rings. The Hall–Kier alpha value is -2.19. The van der Waals surface area contributed by atoms with Crippen LogP contribution in [0.5, 0.6) is 0 Å². The van der Waals surface area contributed by atoms with Crippen LogP contribution in [0.4, 0.5) is 44.5 Å². The summed E-state index contributed by atoms with van der Waals surface area (Å²) in [6.07, 6.45) is -2.23. The number of nitro groups is 1. The third-order valence-electron chi connectivity index (χ3n) is 3.80. The molecule has 2 rings (SSSR count). The number of carbonyl (C=O) groups is 2. The van der Waals surface area contributed by atoms with E-state index in [0.717, 1.165) is 0 Å². The summed E-state index contributed by atoms with van der Waals surface area (Å²) in [5.41, 5.74) is -6.38. The molecule has 0 radical (unpaired) electrons. The van der Waals surface area contributed by atoms with Crippen LogP contribution in [0.1, 0.15) is 16.1 Å². The molecule has 1 heterocycles. The van der Waals surface area contributed by atoms with E-state index in [1.165, 1.54) is 0 Å². The third kappa shape index (κ3) is 2.32. The van der Waals surface area contributed by atoms with Crippen LogP contribution in [0, 0.1) is 10.1 Å². The fourth-order valence-electron chi connectivity index (χ4n) is 2.30. The van der Waals surface area contributed by atoms with Gasteiger partial charge in [0.25, 0.3) is 0 Å². The van der Waals surface area contributed by atoms with Gasteiger partial charge in [0.15, 0.2) is 11.6 Å². The first-order valence-electron chi connectivity index (χ1n) is 6.47. The number of Topliss-reactive ketones (excluding diaryl/α,β-unsaturated/α-hetero) is 2. The number of ketones is 2. The third-order valence-corrected chi connectivity index (χ3v) is 4.88. The standard InChI is InChI=1S/C12H4F9NO4S/c13-8(9(14,15)11(18,19)12(20,21)10(8,16)17)6(24)3-4(23)5-1-2-7(27-5)22(25)26/h1-2H,3H2. The summed E-state index contributed by atoms with van der Waals surface area (Å²) in [6, 6.07) is 1.34. The van der Waals surface area contributed by atoms with Crippen LogP contribution in [0.2, 0.25) is 0 Å². The van der Waals surface area contributed by atoms with E-state index < -0.39 is 62.1 Å². The number of thiophene rings is 1. The lowest BCUT2D eigenvalue weighted by Gasteiger charge is -2.29. The topological polar surface area (TPSA) is 77.3 Å². The first kappa shape index (κ1) is 21.1. The maximum Gasteiger partial charge on any atom is 0.382 e. The Balaban J connectivity index is 2.44. The quantitative estimate of drug-likeness (QED) is 0.233. The highest BCUT2D eigenvalue weighted by Crippen LogP contribution is 2.69. The predicted octanol–water partition coefficient (Wildman–Crippen LogP) is 4.06. The molecule has 0 aromatic carbocycles. The Morgan fingerprint density at radius 2 is 1.33 bits per heavy atom. The van der Waals surface area contributed by atoms with Gasteiger partial charge in [0.05, 0.1) is 16.2 Å². The minimum atomic E-state index is -6.93. The lowest BCUT2D eigenvalue weighted by molar-refractivity contribution is -0.380. The number of rotatable bonds is 5. The highest BCUT2D eigenvalue weighted by molar-refractivity contribution is 7.17. The molecule has 1 aromatic heterocycles. The van der Waals surface area contributed by atoms with Gasteiger partial charge in [0.2, 0.25) is 0 Å². The molecule has 0 atom stereocenters. The van der Waals surface area contributed by atoms with Crippen LogP contribution in [-0.4, -0.2) is 45.8 Å². The molecule has 0 N–H and O–H groups in total. The van der Waals surface area contributed by atoms with Gasteiger partial charge >= 0.3 is 34.4 Å². The molecule has 15 heteroatoms. The molecular weight excluding hydrogens is 425 g/mol. The lowest BCUT2D eigenvalue weighted by Crippen LogP contribution is -2.60. The number of hydrogen-bond donors (Lipinski definition) is 0. The van der Waals surface area contributed by atoms with Gasteiger partial charge in [0, 0.05) is 6.07 Å². The van der Waals surface area contributed by atoms with Gasteiger partial charge < -0.3 is 0 Å². The monoisotopic (exact) mass is 429 g/mol. The maximum absolute atomic E-state index is 14.2. The Bertz CT molecular complexity index is 809. The van der Waals surface area contributed by atoms with Gasteiger partial charge in [-0.2, -0.15) is 35.1 Å². The molecular formula is C12H4F9NO4S. The number of nitrogens with zero attached hydrogens (tertiary/aromatic N) is 1. The van der Waals surface area contributed by atoms with Crippen molar-refractivity contribution in [3.8, 4) is 0 Å². The van der Waals surface area contributed by atoms with Gasteiger partial charge in [-0.1, -0.05) is 11.3 Å². The zero-order chi connectivity index (χ0) is 21.2. The molecule has 0 aliphatic heterocycles. The number of carbonyl (C=O) groups excluding carboxylic acids is 2. The van der Waals surface area contributed by atoms with E-state index in [2.05, 4.69) is 0 Å². The molecule has 1 saturated carbocycles. The molecule has 0 spiro atoms.